The highest BCUT2D eigenvalue weighted by Crippen LogP contribution is 2.34. The van der Waals surface area contributed by atoms with E-state index >= 15 is 0 Å². The van der Waals surface area contributed by atoms with Gasteiger partial charge in [0.25, 0.3) is 5.91 Å². The summed E-state index contributed by atoms with van der Waals surface area (Å²) in [6, 6.07) is 15.7. The number of aromatic nitrogens is 1. The lowest BCUT2D eigenvalue weighted by atomic mass is 10.2. The number of rotatable bonds is 8. The van der Waals surface area contributed by atoms with Crippen LogP contribution in [0, 0.1) is 0 Å². The average Bonchev–Trinajstić information content (AvgIpc) is 3.14. The number of benzene rings is 2. The zero-order valence-corrected chi connectivity index (χ0v) is 18.5. The van der Waals surface area contributed by atoms with Gasteiger partial charge < -0.3 is 9.64 Å². The van der Waals surface area contributed by atoms with E-state index in [-0.39, 0.29) is 18.3 Å². The number of methoxy groups -OCH3 is 1. The Kier molecular flexibility index (Phi) is 8.64. The summed E-state index contributed by atoms with van der Waals surface area (Å²) < 4.78 is 6.43. The molecule has 154 valence electrons. The Morgan fingerprint density at radius 1 is 1.10 bits per heavy atom. The van der Waals surface area contributed by atoms with Gasteiger partial charge in [-0.15, -0.1) is 12.4 Å². The van der Waals surface area contributed by atoms with Crippen molar-refractivity contribution in [3.05, 3.63) is 60.2 Å². The zero-order valence-electron chi connectivity index (χ0n) is 16.9. The quantitative estimate of drug-likeness (QED) is 0.484. The molecule has 0 saturated heterocycles. The van der Waals surface area contributed by atoms with Crippen LogP contribution in [0.25, 0.3) is 16.3 Å². The van der Waals surface area contributed by atoms with E-state index in [9.17, 15) is 4.79 Å². The van der Waals surface area contributed by atoms with Crippen LogP contribution in [0.4, 0.5) is 5.13 Å². The molecule has 3 aromatic rings. The van der Waals surface area contributed by atoms with E-state index in [1.165, 1.54) is 11.3 Å². The molecule has 3 rings (SSSR count). The number of anilines is 1. The van der Waals surface area contributed by atoms with Gasteiger partial charge in [-0.05, 0) is 50.8 Å². The Morgan fingerprint density at radius 3 is 2.55 bits per heavy atom. The van der Waals surface area contributed by atoms with Crippen LogP contribution in [-0.4, -0.2) is 50.1 Å². The highest BCUT2D eigenvalue weighted by atomic mass is 35.5. The molecule has 29 heavy (non-hydrogen) atoms. The number of carbonyl (C=O) groups is 1. The molecular weight excluding hydrogens is 406 g/mol. The van der Waals surface area contributed by atoms with Crippen LogP contribution in [0.5, 0.6) is 5.75 Å². The predicted octanol–water partition coefficient (Wildman–Crippen LogP) is 4.72. The Balaban J connectivity index is 0.00000300. The third-order valence-electron chi connectivity index (χ3n) is 4.29. The first kappa shape index (κ1) is 22.9. The maximum absolute atomic E-state index is 13.0. The number of carbonyl (C=O) groups excluding carboxylic acids is 1. The van der Waals surface area contributed by atoms with E-state index in [4.69, 9.17) is 9.72 Å². The van der Waals surface area contributed by atoms with Gasteiger partial charge in [0, 0.05) is 12.6 Å². The van der Waals surface area contributed by atoms with Crippen LogP contribution in [0.1, 0.15) is 12.0 Å². The number of para-hydroxylation sites is 1. The molecule has 0 saturated carbocycles. The first-order valence-corrected chi connectivity index (χ1v) is 10.0. The molecule has 0 unspecified atom stereocenters. The van der Waals surface area contributed by atoms with Crippen LogP contribution in [0.2, 0.25) is 0 Å². The van der Waals surface area contributed by atoms with Gasteiger partial charge in [-0.25, -0.2) is 4.98 Å². The van der Waals surface area contributed by atoms with E-state index in [0.29, 0.717) is 11.7 Å². The molecule has 7 heteroatoms. The second-order valence-electron chi connectivity index (χ2n) is 6.69. The molecule has 0 radical (unpaired) electrons. The smallest absolute Gasteiger partial charge is 0.252 e. The lowest BCUT2D eigenvalue weighted by Crippen LogP contribution is -2.32. The maximum atomic E-state index is 13.0. The number of hydrogen-bond acceptors (Lipinski definition) is 5. The summed E-state index contributed by atoms with van der Waals surface area (Å²) in [5.41, 5.74) is 1.79. The van der Waals surface area contributed by atoms with Gasteiger partial charge >= 0.3 is 0 Å². The summed E-state index contributed by atoms with van der Waals surface area (Å²) in [5.74, 6) is 0.654. The Hall–Kier alpha value is -2.41. The number of ether oxygens (including phenoxy) is 1. The van der Waals surface area contributed by atoms with Crippen molar-refractivity contribution in [1.82, 2.24) is 9.88 Å². The van der Waals surface area contributed by atoms with E-state index in [0.717, 1.165) is 34.5 Å². The minimum atomic E-state index is -0.0689. The van der Waals surface area contributed by atoms with Crippen molar-refractivity contribution in [2.24, 2.45) is 0 Å². The maximum Gasteiger partial charge on any atom is 0.252 e. The fourth-order valence-electron chi connectivity index (χ4n) is 2.86. The largest absolute Gasteiger partial charge is 0.494 e. The highest BCUT2D eigenvalue weighted by Gasteiger charge is 2.19. The number of thiazole rings is 1. The number of halogens is 1. The van der Waals surface area contributed by atoms with Crippen molar-refractivity contribution in [3.8, 4) is 5.75 Å². The molecule has 2 aromatic carbocycles. The van der Waals surface area contributed by atoms with E-state index in [1.54, 1.807) is 18.1 Å². The summed E-state index contributed by atoms with van der Waals surface area (Å²) >= 11 is 1.51. The summed E-state index contributed by atoms with van der Waals surface area (Å²) in [6.45, 7) is 1.51. The molecule has 0 aliphatic rings. The molecule has 0 spiro atoms. The van der Waals surface area contributed by atoms with Crippen molar-refractivity contribution in [1.29, 1.82) is 0 Å². The molecule has 0 aliphatic heterocycles. The van der Waals surface area contributed by atoms with Crippen LogP contribution in [-0.2, 0) is 4.79 Å². The van der Waals surface area contributed by atoms with Gasteiger partial charge in [-0.3, -0.25) is 9.69 Å². The minimum Gasteiger partial charge on any atom is -0.494 e. The third kappa shape index (κ3) is 6.03. The lowest BCUT2D eigenvalue weighted by molar-refractivity contribution is -0.114. The second-order valence-corrected chi connectivity index (χ2v) is 7.70. The third-order valence-corrected chi connectivity index (χ3v) is 5.34. The van der Waals surface area contributed by atoms with Gasteiger partial charge in [-0.2, -0.15) is 0 Å². The highest BCUT2D eigenvalue weighted by molar-refractivity contribution is 7.22. The van der Waals surface area contributed by atoms with Gasteiger partial charge in [0.1, 0.15) is 11.3 Å². The van der Waals surface area contributed by atoms with Crippen LogP contribution in [0.15, 0.2) is 54.6 Å². The standard InChI is InChI=1S/C22H25N3O2S.ClH/c1-24(2)15-8-16-25(20(26)14-13-17-9-5-4-6-10-17)22-23-21-18(27-3)11-7-12-19(21)28-22;/h4-7,9-14H,8,15-16H2,1-3H3;1H. The van der Waals surface area contributed by atoms with Crippen molar-refractivity contribution < 1.29 is 9.53 Å². The van der Waals surface area contributed by atoms with Crippen molar-refractivity contribution in [2.45, 2.75) is 6.42 Å². The van der Waals surface area contributed by atoms with Crippen LogP contribution >= 0.6 is 23.7 Å². The molecule has 0 aliphatic carbocycles. The van der Waals surface area contributed by atoms with Crippen molar-refractivity contribution in [2.75, 3.05) is 39.2 Å². The predicted molar refractivity (Wildman–Crippen MR) is 124 cm³/mol. The summed E-state index contributed by atoms with van der Waals surface area (Å²) in [7, 11) is 5.70. The SMILES string of the molecule is COc1cccc2sc(N(CCCN(C)C)C(=O)C=Cc3ccccc3)nc12.Cl. The molecule has 0 fully saturated rings. The van der Waals surface area contributed by atoms with Crippen LogP contribution < -0.4 is 9.64 Å². The number of nitrogens with zero attached hydrogens (tertiary/aromatic N) is 3. The van der Waals surface area contributed by atoms with E-state index in [2.05, 4.69) is 4.90 Å². The van der Waals surface area contributed by atoms with Crippen molar-refractivity contribution >= 4 is 51.1 Å². The molecule has 5 nitrogen and oxygen atoms in total. The normalized spacial score (nSPS) is 11.0. The molecular formula is C22H26ClN3O2S. The summed E-state index contributed by atoms with van der Waals surface area (Å²) in [6.07, 6.45) is 4.33. The van der Waals surface area contributed by atoms with E-state index in [1.807, 2.05) is 68.7 Å². The molecule has 1 amide bonds. The summed E-state index contributed by atoms with van der Waals surface area (Å²) in [4.78, 5) is 21.6. The molecule has 1 heterocycles. The van der Waals surface area contributed by atoms with Gasteiger partial charge in [0.05, 0.1) is 11.8 Å². The molecule has 1 aromatic heterocycles. The fourth-order valence-corrected chi connectivity index (χ4v) is 3.87. The number of hydrogen-bond donors (Lipinski definition) is 0. The Morgan fingerprint density at radius 2 is 1.86 bits per heavy atom. The first-order chi connectivity index (χ1) is 13.6. The van der Waals surface area contributed by atoms with E-state index < -0.39 is 0 Å². The first-order valence-electron chi connectivity index (χ1n) is 9.21. The summed E-state index contributed by atoms with van der Waals surface area (Å²) in [5, 5.41) is 0.695. The average molecular weight is 432 g/mol. The van der Waals surface area contributed by atoms with Gasteiger partial charge in [0.15, 0.2) is 5.13 Å². The lowest BCUT2D eigenvalue weighted by Gasteiger charge is -2.19. The molecule has 0 N–H and O–H groups in total. The molecule has 0 atom stereocenters. The fraction of sp³-hybridized carbons (Fsp3) is 0.273. The monoisotopic (exact) mass is 431 g/mol. The second kappa shape index (κ2) is 11.0. The number of amides is 1. The Bertz CT molecular complexity index is 957. The van der Waals surface area contributed by atoms with Crippen molar-refractivity contribution in [3.63, 3.8) is 0 Å². The van der Waals surface area contributed by atoms with Gasteiger partial charge in [-0.1, -0.05) is 47.7 Å². The number of fused-ring (bicyclic) bond motifs is 1. The van der Waals surface area contributed by atoms with Crippen LogP contribution in [0.3, 0.4) is 0 Å². The molecule has 0 bridgehead atoms. The van der Waals surface area contributed by atoms with Gasteiger partial charge in [0.2, 0.25) is 0 Å². The topological polar surface area (TPSA) is 45.7 Å². The Labute approximate surface area is 182 Å². The minimum absolute atomic E-state index is 0. The zero-order chi connectivity index (χ0) is 19.9.